The lowest BCUT2D eigenvalue weighted by Gasteiger charge is -2.14. The van der Waals surface area contributed by atoms with E-state index in [0.29, 0.717) is 0 Å². The van der Waals surface area contributed by atoms with Crippen LogP contribution in [0.15, 0.2) is 12.1 Å². The van der Waals surface area contributed by atoms with Gasteiger partial charge in [0.15, 0.2) is 0 Å². The van der Waals surface area contributed by atoms with Gasteiger partial charge < -0.3 is 10.6 Å². The zero-order chi connectivity index (χ0) is 16.3. The van der Waals surface area contributed by atoms with Crippen molar-refractivity contribution in [2.45, 2.75) is 6.18 Å². The van der Waals surface area contributed by atoms with Gasteiger partial charge in [0.25, 0.3) is 0 Å². The van der Waals surface area contributed by atoms with Crippen LogP contribution in [0.2, 0.25) is 0 Å². The van der Waals surface area contributed by atoms with Gasteiger partial charge in [0, 0.05) is 27.7 Å². The van der Waals surface area contributed by atoms with E-state index in [1.165, 1.54) is 21.1 Å². The van der Waals surface area contributed by atoms with Crippen molar-refractivity contribution in [1.82, 2.24) is 9.29 Å². The molecule has 0 saturated carbocycles. The molecule has 0 aromatic carbocycles. The van der Waals surface area contributed by atoms with E-state index in [1.807, 2.05) is 0 Å². The largest absolute Gasteiger partial charge is 0.416 e. The van der Waals surface area contributed by atoms with Gasteiger partial charge >= 0.3 is 6.18 Å². The van der Waals surface area contributed by atoms with Crippen molar-refractivity contribution >= 4 is 21.7 Å². The number of halogens is 3. The summed E-state index contributed by atoms with van der Waals surface area (Å²) in [7, 11) is 0.802. The topological polar surface area (TPSA) is 74.3 Å². The monoisotopic (exact) mass is 326 g/mol. The van der Waals surface area contributed by atoms with E-state index in [-0.39, 0.29) is 23.9 Å². The van der Waals surface area contributed by atoms with E-state index in [1.54, 1.807) is 0 Å². The van der Waals surface area contributed by atoms with Crippen molar-refractivity contribution in [3.05, 3.63) is 17.7 Å². The Bertz CT molecular complexity index is 588. The van der Waals surface area contributed by atoms with Crippen LogP contribution in [0.3, 0.4) is 0 Å². The number of hydrogen-bond acceptors (Lipinski definition) is 5. The first-order valence-electron chi connectivity index (χ1n) is 5.97. The van der Waals surface area contributed by atoms with E-state index in [4.69, 9.17) is 0 Å². The van der Waals surface area contributed by atoms with Gasteiger partial charge in [-0.15, -0.1) is 0 Å². The molecule has 6 nitrogen and oxygen atoms in total. The number of sulfonamides is 1. The van der Waals surface area contributed by atoms with Crippen LogP contribution in [0.25, 0.3) is 0 Å². The summed E-state index contributed by atoms with van der Waals surface area (Å²) in [6.07, 6.45) is -4.50. The van der Waals surface area contributed by atoms with Crippen molar-refractivity contribution in [2.24, 2.45) is 0 Å². The van der Waals surface area contributed by atoms with Gasteiger partial charge in [-0.25, -0.2) is 17.7 Å². The summed E-state index contributed by atoms with van der Waals surface area (Å²) in [5.41, 5.74) is -0.861. The lowest BCUT2D eigenvalue weighted by molar-refractivity contribution is -0.137. The van der Waals surface area contributed by atoms with Crippen molar-refractivity contribution in [3.63, 3.8) is 0 Å². The molecule has 0 spiro atoms. The van der Waals surface area contributed by atoms with Crippen LogP contribution in [0.1, 0.15) is 5.56 Å². The summed E-state index contributed by atoms with van der Waals surface area (Å²) in [5, 5.41) is 5.11. The van der Waals surface area contributed by atoms with Gasteiger partial charge in [-0.1, -0.05) is 0 Å². The molecule has 10 heteroatoms. The molecule has 0 aliphatic heterocycles. The Morgan fingerprint density at radius 1 is 1.24 bits per heavy atom. The van der Waals surface area contributed by atoms with E-state index in [0.717, 1.165) is 16.4 Å². The Morgan fingerprint density at radius 3 is 2.29 bits per heavy atom. The van der Waals surface area contributed by atoms with E-state index in [2.05, 4.69) is 15.6 Å². The van der Waals surface area contributed by atoms with E-state index >= 15 is 0 Å². The molecule has 0 aliphatic carbocycles. The number of hydrogen-bond donors (Lipinski definition) is 2. The fourth-order valence-corrected chi connectivity index (χ4v) is 2.13. The lowest BCUT2D eigenvalue weighted by atomic mass is 10.2. The molecule has 1 rings (SSSR count). The highest BCUT2D eigenvalue weighted by molar-refractivity contribution is 7.89. The normalized spacial score (nSPS) is 12.5. The smallest absolute Gasteiger partial charge is 0.373 e. The number of pyridine rings is 1. The molecule has 120 valence electrons. The molecule has 0 atom stereocenters. The molecule has 0 bridgehead atoms. The fourth-order valence-electron chi connectivity index (χ4n) is 1.40. The fraction of sp³-hybridized carbons (Fsp3) is 0.545. The predicted molar refractivity (Wildman–Crippen MR) is 74.7 cm³/mol. The lowest BCUT2D eigenvalue weighted by Crippen LogP contribution is -2.28. The predicted octanol–water partition coefficient (Wildman–Crippen LogP) is 1.45. The number of aromatic nitrogens is 1. The molecule has 1 aromatic heterocycles. The van der Waals surface area contributed by atoms with E-state index < -0.39 is 21.8 Å². The Balaban J connectivity index is 2.85. The second-order valence-electron chi connectivity index (χ2n) is 4.40. The van der Waals surface area contributed by atoms with Crippen molar-refractivity contribution in [3.8, 4) is 0 Å². The maximum absolute atomic E-state index is 12.7. The van der Waals surface area contributed by atoms with Gasteiger partial charge in [0.05, 0.1) is 11.3 Å². The first-order valence-corrected chi connectivity index (χ1v) is 7.58. The highest BCUT2D eigenvalue weighted by Crippen LogP contribution is 2.31. The summed E-state index contributed by atoms with van der Waals surface area (Å²) in [5.74, 6) is -0.238. The van der Waals surface area contributed by atoms with Crippen molar-refractivity contribution in [2.75, 3.05) is 44.1 Å². The van der Waals surface area contributed by atoms with Gasteiger partial charge in [0.2, 0.25) is 10.0 Å². The van der Waals surface area contributed by atoms with Crippen LogP contribution >= 0.6 is 0 Å². The number of rotatable bonds is 6. The number of nitrogens with one attached hydrogen (secondary N) is 2. The first-order chi connectivity index (χ1) is 9.56. The average Bonchev–Trinajstić information content (AvgIpc) is 2.36. The van der Waals surface area contributed by atoms with Gasteiger partial charge in [0.1, 0.15) is 11.6 Å². The van der Waals surface area contributed by atoms with E-state index in [9.17, 15) is 21.6 Å². The third kappa shape index (κ3) is 5.05. The molecule has 2 N–H and O–H groups in total. The Morgan fingerprint density at radius 2 is 1.81 bits per heavy atom. The van der Waals surface area contributed by atoms with Crippen LogP contribution < -0.4 is 10.6 Å². The zero-order valence-corrected chi connectivity index (χ0v) is 12.6. The molecule has 21 heavy (non-hydrogen) atoms. The average molecular weight is 326 g/mol. The minimum atomic E-state index is -4.50. The quantitative estimate of drug-likeness (QED) is 0.827. The van der Waals surface area contributed by atoms with Gasteiger partial charge in [-0.3, -0.25) is 0 Å². The highest BCUT2D eigenvalue weighted by Gasteiger charge is 2.31. The summed E-state index contributed by atoms with van der Waals surface area (Å²) < 4.78 is 62.3. The number of anilines is 2. The Kier molecular flexibility index (Phi) is 5.40. The summed E-state index contributed by atoms with van der Waals surface area (Å²) >= 11 is 0. The summed E-state index contributed by atoms with van der Waals surface area (Å²) in [4.78, 5) is 3.90. The summed E-state index contributed by atoms with van der Waals surface area (Å²) in [6.45, 7) is -0.0437. The number of alkyl halides is 3. The molecule has 0 saturated heterocycles. The number of nitrogens with zero attached hydrogens (tertiary/aromatic N) is 2. The Hall–Kier alpha value is -1.55. The molecular formula is C11H17F3N4O2S. The third-order valence-electron chi connectivity index (χ3n) is 2.63. The van der Waals surface area contributed by atoms with Crippen LogP contribution in [-0.4, -0.2) is 51.1 Å². The molecule has 1 aromatic rings. The molecule has 0 radical (unpaired) electrons. The Labute approximate surface area is 121 Å². The first kappa shape index (κ1) is 17.5. The second kappa shape index (κ2) is 6.48. The van der Waals surface area contributed by atoms with Crippen LogP contribution in [-0.2, 0) is 16.2 Å². The van der Waals surface area contributed by atoms with Crippen LogP contribution in [0.4, 0.5) is 24.8 Å². The van der Waals surface area contributed by atoms with Gasteiger partial charge in [-0.2, -0.15) is 13.2 Å². The summed E-state index contributed by atoms with van der Waals surface area (Å²) in [6, 6.07) is 1.71. The van der Waals surface area contributed by atoms with Crippen LogP contribution in [0, 0.1) is 0 Å². The maximum atomic E-state index is 12.7. The highest BCUT2D eigenvalue weighted by atomic mass is 32.2. The molecule has 0 amide bonds. The molecule has 0 aliphatic rings. The standard InChI is InChI=1S/C11H17F3N4O2S/c1-15-9-6-8(11(12,13)14)7-10(17-9)16-4-5-21(19,20)18(2)3/h6-7H,4-5H2,1-3H3,(H2,15,16,17). The minimum Gasteiger partial charge on any atom is -0.373 e. The zero-order valence-electron chi connectivity index (χ0n) is 11.8. The molecular weight excluding hydrogens is 309 g/mol. The van der Waals surface area contributed by atoms with Crippen molar-refractivity contribution in [1.29, 1.82) is 0 Å². The van der Waals surface area contributed by atoms with Crippen LogP contribution in [0.5, 0.6) is 0 Å². The minimum absolute atomic E-state index is 0.0388. The molecule has 0 unspecified atom stereocenters. The van der Waals surface area contributed by atoms with Gasteiger partial charge in [-0.05, 0) is 12.1 Å². The third-order valence-corrected chi connectivity index (χ3v) is 4.46. The molecule has 1 heterocycles. The second-order valence-corrected chi connectivity index (χ2v) is 6.70. The maximum Gasteiger partial charge on any atom is 0.416 e. The SMILES string of the molecule is CNc1cc(C(F)(F)F)cc(NCCS(=O)(=O)N(C)C)n1. The molecule has 0 fully saturated rings. The van der Waals surface area contributed by atoms with Crippen molar-refractivity contribution < 1.29 is 21.6 Å².